The van der Waals surface area contributed by atoms with E-state index in [-0.39, 0.29) is 0 Å². The van der Waals surface area contributed by atoms with E-state index >= 15 is 0 Å². The summed E-state index contributed by atoms with van der Waals surface area (Å²) in [4.78, 5) is 0. The first-order valence-corrected chi connectivity index (χ1v) is 5.43. The largest absolute Gasteiger partial charge is 0.367 e. The average Bonchev–Trinajstić information content (AvgIpc) is 2.48. The van der Waals surface area contributed by atoms with Crippen LogP contribution in [0.2, 0.25) is 0 Å². The molecule has 2 heterocycles. The normalized spacial score (nSPS) is 17.2. The van der Waals surface area contributed by atoms with Crippen LogP contribution in [0.4, 0.5) is 5.88 Å². The summed E-state index contributed by atoms with van der Waals surface area (Å²) >= 11 is 1.94. The summed E-state index contributed by atoms with van der Waals surface area (Å²) in [7, 11) is 0. The van der Waals surface area contributed by atoms with Crippen LogP contribution in [-0.2, 0) is 0 Å². The smallest absolute Gasteiger partial charge is 0.229 e. The second-order valence-electron chi connectivity index (χ2n) is 3.06. The van der Waals surface area contributed by atoms with E-state index in [1.807, 2.05) is 18.7 Å². The van der Waals surface area contributed by atoms with Crippen LogP contribution in [-0.4, -0.2) is 16.7 Å². The van der Waals surface area contributed by atoms with Gasteiger partial charge in [-0.25, -0.2) is 0 Å². The van der Waals surface area contributed by atoms with Crippen LogP contribution in [0.25, 0.3) is 5.57 Å². The van der Waals surface area contributed by atoms with E-state index in [9.17, 15) is 0 Å². The molecule has 70 valence electrons. The first-order chi connectivity index (χ1) is 6.29. The van der Waals surface area contributed by atoms with Crippen molar-refractivity contribution < 1.29 is 4.52 Å². The standard InChI is InChI=1S/C9H12N2OS/c1-6-8(9(10)12-11-6)7-2-4-13-5-3-7/h2H,3-5,10H2,1H3. The van der Waals surface area contributed by atoms with Gasteiger partial charge in [-0.1, -0.05) is 11.2 Å². The van der Waals surface area contributed by atoms with Gasteiger partial charge in [0.05, 0.1) is 11.3 Å². The Labute approximate surface area is 81.4 Å². The highest BCUT2D eigenvalue weighted by molar-refractivity contribution is 7.99. The molecule has 0 saturated carbocycles. The zero-order valence-electron chi connectivity index (χ0n) is 7.54. The topological polar surface area (TPSA) is 52.0 Å². The van der Waals surface area contributed by atoms with Crippen molar-refractivity contribution in [3.8, 4) is 0 Å². The number of nitrogens with two attached hydrogens (primary N) is 1. The van der Waals surface area contributed by atoms with E-state index in [4.69, 9.17) is 10.3 Å². The number of allylic oxidation sites excluding steroid dienone is 1. The molecule has 13 heavy (non-hydrogen) atoms. The molecule has 0 amide bonds. The Kier molecular flexibility index (Phi) is 2.31. The summed E-state index contributed by atoms with van der Waals surface area (Å²) in [5.74, 6) is 2.69. The van der Waals surface area contributed by atoms with Crippen LogP contribution >= 0.6 is 11.8 Å². The molecule has 2 N–H and O–H groups in total. The van der Waals surface area contributed by atoms with Crippen molar-refractivity contribution in [1.82, 2.24) is 5.16 Å². The fourth-order valence-corrected chi connectivity index (χ4v) is 2.38. The predicted octanol–water partition coefficient (Wildman–Crippen LogP) is 2.09. The second kappa shape index (κ2) is 3.46. The van der Waals surface area contributed by atoms with E-state index < -0.39 is 0 Å². The van der Waals surface area contributed by atoms with E-state index in [0.29, 0.717) is 5.88 Å². The van der Waals surface area contributed by atoms with Crippen molar-refractivity contribution in [2.45, 2.75) is 13.3 Å². The maximum absolute atomic E-state index is 5.70. The van der Waals surface area contributed by atoms with Crippen molar-refractivity contribution in [2.24, 2.45) is 0 Å². The van der Waals surface area contributed by atoms with Crippen LogP contribution in [0, 0.1) is 6.92 Å². The highest BCUT2D eigenvalue weighted by Crippen LogP contribution is 2.31. The summed E-state index contributed by atoms with van der Waals surface area (Å²) in [6, 6.07) is 0. The van der Waals surface area contributed by atoms with Crippen LogP contribution in [0.3, 0.4) is 0 Å². The molecular weight excluding hydrogens is 184 g/mol. The van der Waals surface area contributed by atoms with Crippen molar-refractivity contribution in [2.75, 3.05) is 17.2 Å². The van der Waals surface area contributed by atoms with Crippen LogP contribution in [0.5, 0.6) is 0 Å². The van der Waals surface area contributed by atoms with Crippen LogP contribution in [0.15, 0.2) is 10.6 Å². The Bertz CT molecular complexity index is 324. The Morgan fingerprint density at radius 1 is 1.62 bits per heavy atom. The summed E-state index contributed by atoms with van der Waals surface area (Å²) in [5.41, 5.74) is 8.90. The molecule has 0 radical (unpaired) electrons. The second-order valence-corrected chi connectivity index (χ2v) is 4.21. The fraction of sp³-hybridized carbons (Fsp3) is 0.444. The maximum atomic E-state index is 5.70. The Morgan fingerprint density at radius 3 is 3.00 bits per heavy atom. The SMILES string of the molecule is Cc1noc(N)c1C1=CCSCC1. The molecule has 0 fully saturated rings. The summed E-state index contributed by atoms with van der Waals surface area (Å²) in [5, 5.41) is 3.84. The molecule has 1 aliphatic heterocycles. The maximum Gasteiger partial charge on any atom is 0.229 e. The van der Waals surface area contributed by atoms with E-state index in [1.165, 1.54) is 5.57 Å². The monoisotopic (exact) mass is 196 g/mol. The quantitative estimate of drug-likeness (QED) is 0.747. The van der Waals surface area contributed by atoms with E-state index in [2.05, 4.69) is 11.2 Å². The molecule has 0 saturated heterocycles. The molecule has 1 aromatic rings. The number of nitrogens with zero attached hydrogens (tertiary/aromatic N) is 1. The summed E-state index contributed by atoms with van der Waals surface area (Å²) in [6.45, 7) is 1.93. The number of hydrogen-bond acceptors (Lipinski definition) is 4. The van der Waals surface area contributed by atoms with Crippen LogP contribution in [0.1, 0.15) is 17.7 Å². The molecule has 0 unspecified atom stereocenters. The third-order valence-corrected chi connectivity index (χ3v) is 3.07. The van der Waals surface area contributed by atoms with Crippen molar-refractivity contribution in [3.63, 3.8) is 0 Å². The third kappa shape index (κ3) is 1.58. The van der Waals surface area contributed by atoms with Gasteiger partial charge in [-0.15, -0.1) is 0 Å². The van der Waals surface area contributed by atoms with Gasteiger partial charge in [-0.3, -0.25) is 0 Å². The first-order valence-electron chi connectivity index (χ1n) is 4.28. The van der Waals surface area contributed by atoms with Crippen molar-refractivity contribution in [1.29, 1.82) is 0 Å². The highest BCUT2D eigenvalue weighted by Gasteiger charge is 2.15. The molecule has 0 bridgehead atoms. The molecule has 1 aliphatic rings. The molecule has 1 aromatic heterocycles. The van der Waals surface area contributed by atoms with Gasteiger partial charge in [-0.05, 0) is 24.7 Å². The molecule has 4 heteroatoms. The molecule has 3 nitrogen and oxygen atoms in total. The Balaban J connectivity index is 2.38. The van der Waals surface area contributed by atoms with E-state index in [1.54, 1.807) is 0 Å². The molecule has 0 aromatic carbocycles. The zero-order valence-corrected chi connectivity index (χ0v) is 8.36. The highest BCUT2D eigenvalue weighted by atomic mass is 32.2. The van der Waals surface area contributed by atoms with Gasteiger partial charge in [0.15, 0.2) is 0 Å². The Morgan fingerprint density at radius 2 is 2.46 bits per heavy atom. The molecular formula is C9H12N2OS. The summed E-state index contributed by atoms with van der Waals surface area (Å²) in [6.07, 6.45) is 3.28. The summed E-state index contributed by atoms with van der Waals surface area (Å²) < 4.78 is 4.93. The van der Waals surface area contributed by atoms with Gasteiger partial charge in [0, 0.05) is 5.75 Å². The van der Waals surface area contributed by atoms with E-state index in [0.717, 1.165) is 29.2 Å². The van der Waals surface area contributed by atoms with Gasteiger partial charge < -0.3 is 10.3 Å². The van der Waals surface area contributed by atoms with Crippen LogP contribution < -0.4 is 5.73 Å². The van der Waals surface area contributed by atoms with Gasteiger partial charge in [0.2, 0.25) is 5.88 Å². The lowest BCUT2D eigenvalue weighted by Gasteiger charge is -2.11. The lowest BCUT2D eigenvalue weighted by Crippen LogP contribution is -1.98. The number of anilines is 1. The molecule has 0 atom stereocenters. The lowest BCUT2D eigenvalue weighted by molar-refractivity contribution is 0.431. The number of aromatic nitrogens is 1. The fourth-order valence-electron chi connectivity index (χ4n) is 1.53. The molecule has 2 rings (SSSR count). The first kappa shape index (κ1) is 8.69. The van der Waals surface area contributed by atoms with Gasteiger partial charge in [-0.2, -0.15) is 11.8 Å². The minimum Gasteiger partial charge on any atom is -0.367 e. The van der Waals surface area contributed by atoms with Gasteiger partial charge >= 0.3 is 0 Å². The number of thioether (sulfide) groups is 1. The minimum atomic E-state index is 0.454. The number of nitrogen functional groups attached to an aromatic ring is 1. The average molecular weight is 196 g/mol. The predicted molar refractivity (Wildman–Crippen MR) is 55.6 cm³/mol. The molecule has 0 aliphatic carbocycles. The molecule has 0 spiro atoms. The number of hydrogen-bond donors (Lipinski definition) is 1. The van der Waals surface area contributed by atoms with Gasteiger partial charge in [0.25, 0.3) is 0 Å². The third-order valence-electron chi connectivity index (χ3n) is 2.17. The Hall–Kier alpha value is -0.900. The number of rotatable bonds is 1. The zero-order chi connectivity index (χ0) is 9.26. The van der Waals surface area contributed by atoms with Crippen molar-refractivity contribution in [3.05, 3.63) is 17.3 Å². The van der Waals surface area contributed by atoms with Gasteiger partial charge in [0.1, 0.15) is 0 Å². The minimum absolute atomic E-state index is 0.454. The lowest BCUT2D eigenvalue weighted by atomic mass is 10.0. The van der Waals surface area contributed by atoms with Crippen molar-refractivity contribution >= 4 is 23.2 Å². The number of aryl methyl sites for hydroxylation is 1.